The lowest BCUT2D eigenvalue weighted by Gasteiger charge is -2.26. The largest absolute Gasteiger partial charge is 0.379 e. The predicted molar refractivity (Wildman–Crippen MR) is 122 cm³/mol. The molecule has 0 saturated carbocycles. The molecule has 1 heterocycles. The minimum absolute atomic E-state index is 0.162. The second-order valence-electron chi connectivity index (χ2n) is 7.50. The summed E-state index contributed by atoms with van der Waals surface area (Å²) in [7, 11) is -3.87. The van der Waals surface area contributed by atoms with Gasteiger partial charge in [-0.2, -0.15) is 0 Å². The molecular formula is C23H31N3O4S. The third-order valence-electron chi connectivity index (χ3n) is 5.33. The molecule has 0 bridgehead atoms. The van der Waals surface area contributed by atoms with Gasteiger partial charge in [0, 0.05) is 19.6 Å². The van der Waals surface area contributed by atoms with Crippen molar-refractivity contribution in [3.05, 3.63) is 60.2 Å². The number of amides is 1. The molecule has 2 aromatic rings. The van der Waals surface area contributed by atoms with Crippen LogP contribution in [-0.4, -0.2) is 65.2 Å². The van der Waals surface area contributed by atoms with Gasteiger partial charge in [-0.15, -0.1) is 0 Å². The Kier molecular flexibility index (Phi) is 8.45. The normalized spacial score (nSPS) is 14.9. The van der Waals surface area contributed by atoms with Crippen molar-refractivity contribution in [1.29, 1.82) is 0 Å². The number of hydrogen-bond acceptors (Lipinski definition) is 5. The van der Waals surface area contributed by atoms with Gasteiger partial charge in [0.2, 0.25) is 5.91 Å². The van der Waals surface area contributed by atoms with E-state index in [1.165, 1.54) is 4.31 Å². The molecule has 1 aliphatic heterocycles. The van der Waals surface area contributed by atoms with Crippen molar-refractivity contribution in [2.24, 2.45) is 0 Å². The number of morpholine rings is 1. The van der Waals surface area contributed by atoms with E-state index in [9.17, 15) is 13.2 Å². The number of carbonyl (C=O) groups excluding carboxylic acids is 1. The molecule has 1 amide bonds. The first kappa shape index (κ1) is 23.2. The maximum Gasteiger partial charge on any atom is 0.264 e. The van der Waals surface area contributed by atoms with Crippen molar-refractivity contribution in [1.82, 2.24) is 10.2 Å². The molecule has 2 aromatic carbocycles. The van der Waals surface area contributed by atoms with Gasteiger partial charge < -0.3 is 10.1 Å². The lowest BCUT2D eigenvalue weighted by atomic mass is 10.1. The zero-order valence-corrected chi connectivity index (χ0v) is 18.8. The lowest BCUT2D eigenvalue weighted by Crippen LogP contribution is -2.42. The number of nitrogens with zero attached hydrogens (tertiary/aromatic N) is 2. The Bertz CT molecular complexity index is 927. The fourth-order valence-corrected chi connectivity index (χ4v) is 4.92. The molecule has 8 heteroatoms. The number of anilines is 1. The van der Waals surface area contributed by atoms with Crippen LogP contribution in [0, 0.1) is 0 Å². The summed E-state index contributed by atoms with van der Waals surface area (Å²) in [6.45, 7) is 6.47. The zero-order chi connectivity index (χ0) is 22.1. The molecule has 7 nitrogen and oxygen atoms in total. The van der Waals surface area contributed by atoms with Crippen molar-refractivity contribution in [3.63, 3.8) is 0 Å². The van der Waals surface area contributed by atoms with Gasteiger partial charge in [-0.05, 0) is 49.2 Å². The Hall–Kier alpha value is -2.42. The summed E-state index contributed by atoms with van der Waals surface area (Å²) in [6.07, 6.45) is 1.66. The van der Waals surface area contributed by atoms with E-state index in [0.29, 0.717) is 12.2 Å². The van der Waals surface area contributed by atoms with Gasteiger partial charge >= 0.3 is 0 Å². The highest BCUT2D eigenvalue weighted by molar-refractivity contribution is 7.92. The second kappa shape index (κ2) is 11.3. The van der Waals surface area contributed by atoms with Gasteiger partial charge in [-0.1, -0.05) is 37.3 Å². The van der Waals surface area contributed by atoms with E-state index in [0.717, 1.165) is 51.3 Å². The number of benzene rings is 2. The van der Waals surface area contributed by atoms with Crippen LogP contribution in [0.25, 0.3) is 0 Å². The molecular weight excluding hydrogens is 414 g/mol. The maximum atomic E-state index is 13.3. The van der Waals surface area contributed by atoms with E-state index >= 15 is 0 Å². The predicted octanol–water partition coefficient (Wildman–Crippen LogP) is 2.28. The van der Waals surface area contributed by atoms with Gasteiger partial charge in [0.25, 0.3) is 10.0 Å². The van der Waals surface area contributed by atoms with Gasteiger partial charge in [-0.3, -0.25) is 14.0 Å². The fourth-order valence-electron chi connectivity index (χ4n) is 3.47. The second-order valence-corrected chi connectivity index (χ2v) is 9.36. The smallest absolute Gasteiger partial charge is 0.264 e. The molecule has 0 radical (unpaired) electrons. The van der Waals surface area contributed by atoms with Crippen LogP contribution >= 0.6 is 0 Å². The number of ether oxygens (including phenoxy) is 1. The molecule has 168 valence electrons. The minimum atomic E-state index is -3.87. The monoisotopic (exact) mass is 445 g/mol. The van der Waals surface area contributed by atoms with Crippen molar-refractivity contribution in [2.45, 2.75) is 24.7 Å². The van der Waals surface area contributed by atoms with Crippen LogP contribution in [0.3, 0.4) is 0 Å². The van der Waals surface area contributed by atoms with E-state index in [4.69, 9.17) is 4.74 Å². The zero-order valence-electron chi connectivity index (χ0n) is 18.0. The summed E-state index contributed by atoms with van der Waals surface area (Å²) in [4.78, 5) is 15.1. The molecule has 0 aromatic heterocycles. The van der Waals surface area contributed by atoms with Crippen LogP contribution in [0.1, 0.15) is 18.9 Å². The van der Waals surface area contributed by atoms with Gasteiger partial charge in [-0.25, -0.2) is 8.42 Å². The number of nitrogens with one attached hydrogen (secondary N) is 1. The molecule has 1 aliphatic rings. The topological polar surface area (TPSA) is 79.0 Å². The Morgan fingerprint density at radius 2 is 1.74 bits per heavy atom. The van der Waals surface area contributed by atoms with Crippen LogP contribution in [0.4, 0.5) is 5.69 Å². The average Bonchev–Trinajstić information content (AvgIpc) is 2.81. The molecule has 0 aliphatic carbocycles. The van der Waals surface area contributed by atoms with Crippen LogP contribution in [0.2, 0.25) is 0 Å². The quantitative estimate of drug-likeness (QED) is 0.568. The SMILES string of the molecule is CCc1ccc(N(CC(=O)NCCCN2CCOCC2)S(=O)(=O)c2ccccc2)cc1. The summed E-state index contributed by atoms with van der Waals surface area (Å²) in [5, 5.41) is 2.87. The highest BCUT2D eigenvalue weighted by Crippen LogP contribution is 2.24. The number of rotatable bonds is 10. The first-order valence-corrected chi connectivity index (χ1v) is 12.2. The first-order valence-electron chi connectivity index (χ1n) is 10.7. The van der Waals surface area contributed by atoms with Crippen LogP contribution < -0.4 is 9.62 Å². The molecule has 0 spiro atoms. The number of aryl methyl sites for hydroxylation is 1. The Morgan fingerprint density at radius 1 is 1.06 bits per heavy atom. The van der Waals surface area contributed by atoms with Crippen molar-refractivity contribution < 1.29 is 17.9 Å². The third-order valence-corrected chi connectivity index (χ3v) is 7.12. The summed E-state index contributed by atoms with van der Waals surface area (Å²) in [6, 6.07) is 15.5. The van der Waals surface area contributed by atoms with E-state index in [1.54, 1.807) is 42.5 Å². The van der Waals surface area contributed by atoms with Crippen molar-refractivity contribution >= 4 is 21.6 Å². The molecule has 0 unspecified atom stereocenters. The summed E-state index contributed by atoms with van der Waals surface area (Å²) >= 11 is 0. The third kappa shape index (κ3) is 6.53. The highest BCUT2D eigenvalue weighted by Gasteiger charge is 2.27. The van der Waals surface area contributed by atoms with Crippen molar-refractivity contribution in [2.75, 3.05) is 50.2 Å². The average molecular weight is 446 g/mol. The standard InChI is InChI=1S/C23H31N3O4S/c1-2-20-9-11-21(12-10-20)26(31(28,29)22-7-4-3-5-8-22)19-23(27)24-13-6-14-25-15-17-30-18-16-25/h3-5,7-12H,2,6,13-19H2,1H3,(H,24,27). The summed E-state index contributed by atoms with van der Waals surface area (Å²) in [5.74, 6) is -0.318. The first-order chi connectivity index (χ1) is 15.0. The number of carbonyl (C=O) groups is 1. The molecule has 0 atom stereocenters. The van der Waals surface area contributed by atoms with Crippen LogP contribution in [0.5, 0.6) is 0 Å². The molecule has 1 N–H and O–H groups in total. The molecule has 1 fully saturated rings. The lowest BCUT2D eigenvalue weighted by molar-refractivity contribution is -0.119. The van der Waals surface area contributed by atoms with E-state index in [2.05, 4.69) is 10.2 Å². The van der Waals surface area contributed by atoms with Crippen molar-refractivity contribution in [3.8, 4) is 0 Å². The molecule has 31 heavy (non-hydrogen) atoms. The van der Waals surface area contributed by atoms with Gasteiger partial charge in [0.05, 0.1) is 23.8 Å². The summed E-state index contributed by atoms with van der Waals surface area (Å²) in [5.41, 5.74) is 1.58. The van der Waals surface area contributed by atoms with E-state index < -0.39 is 10.0 Å². The van der Waals surface area contributed by atoms with Gasteiger partial charge in [0.15, 0.2) is 0 Å². The fraction of sp³-hybridized carbons (Fsp3) is 0.435. The number of sulfonamides is 1. The molecule has 1 saturated heterocycles. The van der Waals surface area contributed by atoms with Crippen LogP contribution in [-0.2, 0) is 26.0 Å². The van der Waals surface area contributed by atoms with E-state index in [1.807, 2.05) is 19.1 Å². The Labute approximate surface area is 185 Å². The maximum absolute atomic E-state index is 13.3. The highest BCUT2D eigenvalue weighted by atomic mass is 32.2. The van der Waals surface area contributed by atoms with E-state index in [-0.39, 0.29) is 17.3 Å². The Morgan fingerprint density at radius 3 is 2.39 bits per heavy atom. The van der Waals surface area contributed by atoms with Crippen LogP contribution in [0.15, 0.2) is 59.5 Å². The Balaban J connectivity index is 1.66. The summed E-state index contributed by atoms with van der Waals surface area (Å²) < 4.78 is 33.1. The number of hydrogen-bond donors (Lipinski definition) is 1. The minimum Gasteiger partial charge on any atom is -0.379 e. The molecule has 3 rings (SSSR count). The van der Waals surface area contributed by atoms with Gasteiger partial charge in [0.1, 0.15) is 6.54 Å².